The summed E-state index contributed by atoms with van der Waals surface area (Å²) in [5, 5.41) is 0. The molecule has 0 aromatic heterocycles. The molecule has 0 unspecified atom stereocenters. The third kappa shape index (κ3) is 8.38. The van der Waals surface area contributed by atoms with Crippen LogP contribution in [-0.2, 0) is 0 Å². The van der Waals surface area contributed by atoms with Gasteiger partial charge in [-0.3, -0.25) is 0 Å². The fourth-order valence-electron chi connectivity index (χ4n) is 0.400. The smallest absolute Gasteiger partial charge is 0.160 e. The van der Waals surface area contributed by atoms with Gasteiger partial charge in [-0.2, -0.15) is 26.3 Å². The summed E-state index contributed by atoms with van der Waals surface area (Å²) in [5.41, 5.74) is -9.23. The lowest BCUT2D eigenvalue weighted by Gasteiger charge is -2.14. The number of hydrogen-bond acceptors (Lipinski definition) is 2. The van der Waals surface area contributed by atoms with E-state index in [0.29, 0.717) is 0 Å². The number of thioether (sulfide) groups is 2. The highest BCUT2D eigenvalue weighted by atomic mass is 32.2. The van der Waals surface area contributed by atoms with Crippen LogP contribution in [0.3, 0.4) is 0 Å². The number of rotatable bonds is 2. The Morgan fingerprint density at radius 1 is 0.833 bits per heavy atom. The van der Waals surface area contributed by atoms with Crippen molar-refractivity contribution in [1.82, 2.24) is 0 Å². The zero-order valence-electron chi connectivity index (χ0n) is 5.66. The second-order valence-electron chi connectivity index (χ2n) is 1.69. The maximum Gasteiger partial charge on any atom is 0.442 e. The number of alkyl halides is 6. The van der Waals surface area contributed by atoms with Gasteiger partial charge in [0, 0.05) is 0 Å². The molecule has 0 radical (unpaired) electrons. The third-order valence-electron chi connectivity index (χ3n) is 0.599. The van der Waals surface area contributed by atoms with Gasteiger partial charge in [-0.25, -0.2) is 0 Å². The summed E-state index contributed by atoms with van der Waals surface area (Å²) < 4.78 is 67.2. The van der Waals surface area contributed by atoms with Crippen LogP contribution in [0.1, 0.15) is 6.92 Å². The van der Waals surface area contributed by atoms with Crippen molar-refractivity contribution in [1.29, 1.82) is 0 Å². The van der Waals surface area contributed by atoms with E-state index in [1.165, 1.54) is 0 Å². The standard InChI is InChI=1S/C4H4F6S2/c1-2(11-3(5,6)7)12-4(8,9)10/h2H,1H3. The van der Waals surface area contributed by atoms with Crippen LogP contribution in [0.25, 0.3) is 0 Å². The largest absolute Gasteiger partial charge is 0.442 e. The first-order chi connectivity index (χ1) is 5.10. The molecule has 0 aliphatic carbocycles. The Morgan fingerprint density at radius 2 is 1.08 bits per heavy atom. The predicted octanol–water partition coefficient (Wildman–Crippen LogP) is 3.84. The molecule has 0 nitrogen and oxygen atoms in total. The van der Waals surface area contributed by atoms with Crippen LogP contribution in [-0.4, -0.2) is 15.6 Å². The minimum absolute atomic E-state index is 0.673. The third-order valence-corrected chi connectivity index (χ3v) is 2.37. The van der Waals surface area contributed by atoms with Gasteiger partial charge >= 0.3 is 11.0 Å². The zero-order valence-corrected chi connectivity index (χ0v) is 7.29. The lowest BCUT2D eigenvalue weighted by molar-refractivity contribution is -0.0344. The maximum atomic E-state index is 11.5. The van der Waals surface area contributed by atoms with E-state index in [9.17, 15) is 26.3 Å². The van der Waals surface area contributed by atoms with Crippen LogP contribution in [0.4, 0.5) is 26.3 Å². The van der Waals surface area contributed by atoms with E-state index in [4.69, 9.17) is 0 Å². The molecule has 0 saturated heterocycles. The van der Waals surface area contributed by atoms with Crippen molar-refractivity contribution in [3.63, 3.8) is 0 Å². The highest BCUT2D eigenvalue weighted by molar-refractivity contribution is 8.17. The Labute approximate surface area is 73.1 Å². The van der Waals surface area contributed by atoms with E-state index >= 15 is 0 Å². The Kier molecular flexibility index (Phi) is 4.09. The van der Waals surface area contributed by atoms with Gasteiger partial charge in [0.25, 0.3) is 0 Å². The Balaban J connectivity index is 3.83. The topological polar surface area (TPSA) is 0 Å². The molecule has 8 heteroatoms. The molecule has 12 heavy (non-hydrogen) atoms. The summed E-state index contributed by atoms with van der Waals surface area (Å²) in [6.45, 7) is 0.857. The molecular weight excluding hydrogens is 226 g/mol. The van der Waals surface area contributed by atoms with Gasteiger partial charge in [0.05, 0.1) is 4.58 Å². The van der Waals surface area contributed by atoms with Crippen LogP contribution < -0.4 is 0 Å². The Hall–Kier alpha value is 0.280. The first-order valence-corrected chi connectivity index (χ1v) is 4.35. The summed E-state index contributed by atoms with van der Waals surface area (Å²) in [4.78, 5) is 0. The van der Waals surface area contributed by atoms with Gasteiger partial charge in [-0.15, -0.1) is 0 Å². The molecule has 0 atom stereocenters. The lowest BCUT2D eigenvalue weighted by Crippen LogP contribution is -2.11. The SMILES string of the molecule is CC(SC(F)(F)F)SC(F)(F)F. The molecule has 0 amide bonds. The van der Waals surface area contributed by atoms with Crippen molar-refractivity contribution in [2.75, 3.05) is 0 Å². The predicted molar refractivity (Wildman–Crippen MR) is 36.8 cm³/mol. The molecular formula is C4H4F6S2. The average Bonchev–Trinajstić information content (AvgIpc) is 1.49. The summed E-state index contributed by atoms with van der Waals surface area (Å²) in [7, 11) is 0. The van der Waals surface area contributed by atoms with E-state index in [0.717, 1.165) is 6.92 Å². The first-order valence-electron chi connectivity index (χ1n) is 2.59. The molecule has 0 heterocycles. The Morgan fingerprint density at radius 3 is 1.25 bits per heavy atom. The molecule has 0 aromatic rings. The van der Waals surface area contributed by atoms with Crippen molar-refractivity contribution in [3.05, 3.63) is 0 Å². The first kappa shape index (κ1) is 12.3. The summed E-state index contributed by atoms with van der Waals surface area (Å²) in [5.74, 6) is 0. The summed E-state index contributed by atoms with van der Waals surface area (Å²) in [6.07, 6.45) is 0. The van der Waals surface area contributed by atoms with Crippen LogP contribution >= 0.6 is 23.5 Å². The molecule has 0 spiro atoms. The maximum absolute atomic E-state index is 11.5. The van der Waals surface area contributed by atoms with Crippen molar-refractivity contribution in [2.24, 2.45) is 0 Å². The minimum Gasteiger partial charge on any atom is -0.160 e. The van der Waals surface area contributed by atoms with Gasteiger partial charge in [0.15, 0.2) is 0 Å². The number of hydrogen-bond donors (Lipinski definition) is 0. The van der Waals surface area contributed by atoms with Crippen molar-refractivity contribution < 1.29 is 26.3 Å². The van der Waals surface area contributed by atoms with E-state index in [2.05, 4.69) is 0 Å². The van der Waals surface area contributed by atoms with Gasteiger partial charge in [-0.05, 0) is 30.4 Å². The van der Waals surface area contributed by atoms with Gasteiger partial charge in [0.2, 0.25) is 0 Å². The second kappa shape index (κ2) is 3.99. The molecule has 0 rings (SSSR count). The molecule has 0 bridgehead atoms. The van der Waals surface area contributed by atoms with Crippen LogP contribution in [0.15, 0.2) is 0 Å². The lowest BCUT2D eigenvalue weighted by atomic mass is 11.0. The fraction of sp³-hybridized carbons (Fsp3) is 1.00. The van der Waals surface area contributed by atoms with Gasteiger partial charge in [0.1, 0.15) is 0 Å². The molecule has 0 aliphatic heterocycles. The van der Waals surface area contributed by atoms with E-state index < -0.39 is 39.1 Å². The van der Waals surface area contributed by atoms with E-state index in [1.54, 1.807) is 0 Å². The van der Waals surface area contributed by atoms with E-state index in [-0.39, 0.29) is 0 Å². The highest BCUT2D eigenvalue weighted by Gasteiger charge is 2.38. The monoisotopic (exact) mass is 230 g/mol. The molecule has 0 saturated carbocycles. The van der Waals surface area contributed by atoms with Crippen LogP contribution in [0.2, 0.25) is 0 Å². The summed E-state index contributed by atoms with van der Waals surface area (Å²) in [6, 6.07) is 0. The highest BCUT2D eigenvalue weighted by Crippen LogP contribution is 2.44. The number of halogens is 6. The zero-order chi connectivity index (χ0) is 9.99. The van der Waals surface area contributed by atoms with E-state index in [1.807, 2.05) is 0 Å². The van der Waals surface area contributed by atoms with Crippen molar-refractivity contribution >= 4 is 23.5 Å². The molecule has 0 aliphatic rings. The van der Waals surface area contributed by atoms with Crippen molar-refractivity contribution in [2.45, 2.75) is 22.5 Å². The van der Waals surface area contributed by atoms with Gasteiger partial charge < -0.3 is 0 Å². The van der Waals surface area contributed by atoms with Crippen LogP contribution in [0, 0.1) is 0 Å². The minimum atomic E-state index is -4.61. The summed E-state index contributed by atoms with van der Waals surface area (Å²) >= 11 is -1.35. The molecule has 0 aromatic carbocycles. The quantitative estimate of drug-likeness (QED) is 0.522. The molecule has 0 N–H and O–H groups in total. The fourth-order valence-corrected chi connectivity index (χ4v) is 2.00. The molecule has 74 valence electrons. The molecule has 0 fully saturated rings. The second-order valence-corrected chi connectivity index (χ2v) is 4.80. The average molecular weight is 230 g/mol. The van der Waals surface area contributed by atoms with Crippen molar-refractivity contribution in [3.8, 4) is 0 Å². The van der Waals surface area contributed by atoms with Gasteiger partial charge in [-0.1, -0.05) is 0 Å². The van der Waals surface area contributed by atoms with Crippen LogP contribution in [0.5, 0.6) is 0 Å². The Bertz CT molecular complexity index is 121. The normalized spacial score (nSPS) is 14.0.